The quantitative estimate of drug-likeness (QED) is 0.289. The highest BCUT2D eigenvalue weighted by atomic mass is 35.5. The number of aromatic nitrogens is 3. The van der Waals surface area contributed by atoms with Gasteiger partial charge in [0.1, 0.15) is 16.9 Å². The smallest absolute Gasteiger partial charge is 0.417 e. The Balaban J connectivity index is 1.79. The van der Waals surface area contributed by atoms with Crippen LogP contribution in [0.3, 0.4) is 0 Å². The molecular weight excluding hydrogens is 539 g/mol. The fraction of sp³-hybridized carbons (Fsp3) is 0.192. The Labute approximate surface area is 224 Å². The fourth-order valence-electron chi connectivity index (χ4n) is 3.77. The number of nitriles is 1. The van der Waals surface area contributed by atoms with Gasteiger partial charge in [0.2, 0.25) is 5.88 Å². The number of nitrogens with zero attached hydrogens (tertiary/aromatic N) is 4. The molecule has 3 heterocycles. The van der Waals surface area contributed by atoms with Gasteiger partial charge in [0.15, 0.2) is 5.69 Å². The largest absolute Gasteiger partial charge is 0.476 e. The molecule has 1 atom stereocenters. The number of nitrogens with one attached hydrogen (secondary N) is 1. The van der Waals surface area contributed by atoms with Crippen LogP contribution >= 0.6 is 11.6 Å². The summed E-state index contributed by atoms with van der Waals surface area (Å²) in [5.74, 6) is -1.48. The Morgan fingerprint density at radius 1 is 1.23 bits per heavy atom. The van der Waals surface area contributed by atoms with E-state index in [0.717, 1.165) is 10.5 Å². The maximum absolute atomic E-state index is 13.7. The van der Waals surface area contributed by atoms with E-state index in [9.17, 15) is 27.9 Å². The number of alkyl halides is 3. The molecule has 9 nitrogen and oxygen atoms in total. The summed E-state index contributed by atoms with van der Waals surface area (Å²) in [6, 6.07) is 12.0. The molecule has 0 spiro atoms. The molecule has 3 aromatic heterocycles. The molecule has 200 valence electrons. The lowest BCUT2D eigenvalue weighted by molar-refractivity contribution is -0.137. The third-order valence-corrected chi connectivity index (χ3v) is 6.05. The van der Waals surface area contributed by atoms with E-state index >= 15 is 0 Å². The lowest BCUT2D eigenvalue weighted by Gasteiger charge is -2.19. The maximum atomic E-state index is 13.7. The second kappa shape index (κ2) is 10.6. The van der Waals surface area contributed by atoms with E-state index in [-0.39, 0.29) is 40.0 Å². The van der Waals surface area contributed by atoms with Crippen LogP contribution in [0.1, 0.15) is 51.3 Å². The van der Waals surface area contributed by atoms with Crippen molar-refractivity contribution < 1.29 is 27.8 Å². The number of fused-ring (bicyclic) bond motifs is 1. The van der Waals surface area contributed by atoms with Gasteiger partial charge in [0, 0.05) is 18.3 Å². The normalized spacial score (nSPS) is 12.1. The summed E-state index contributed by atoms with van der Waals surface area (Å²) in [5, 5.41) is 21.1. The third kappa shape index (κ3) is 5.78. The van der Waals surface area contributed by atoms with E-state index in [4.69, 9.17) is 21.6 Å². The highest BCUT2D eigenvalue weighted by Gasteiger charge is 2.32. The summed E-state index contributed by atoms with van der Waals surface area (Å²) in [6.07, 6.45) is -4.73. The van der Waals surface area contributed by atoms with Crippen molar-refractivity contribution in [2.75, 3.05) is 5.32 Å². The van der Waals surface area contributed by atoms with Crippen LogP contribution in [0.25, 0.3) is 5.65 Å². The van der Waals surface area contributed by atoms with Gasteiger partial charge in [-0.25, -0.2) is 9.78 Å². The maximum Gasteiger partial charge on any atom is 0.417 e. The predicted molar refractivity (Wildman–Crippen MR) is 135 cm³/mol. The van der Waals surface area contributed by atoms with E-state index < -0.39 is 35.1 Å². The first-order valence-corrected chi connectivity index (χ1v) is 11.7. The average molecular weight is 558 g/mol. The van der Waals surface area contributed by atoms with Crippen molar-refractivity contribution in [2.45, 2.75) is 32.7 Å². The number of carboxylic acid groups (broad SMARTS) is 1. The van der Waals surface area contributed by atoms with Crippen molar-refractivity contribution in [1.82, 2.24) is 14.4 Å². The van der Waals surface area contributed by atoms with Crippen molar-refractivity contribution in [3.05, 3.63) is 97.7 Å². The van der Waals surface area contributed by atoms with Gasteiger partial charge >= 0.3 is 12.1 Å². The van der Waals surface area contributed by atoms with Crippen LogP contribution in [0, 0.1) is 18.3 Å². The van der Waals surface area contributed by atoms with Gasteiger partial charge < -0.3 is 15.2 Å². The van der Waals surface area contributed by atoms with Gasteiger partial charge in [0.05, 0.1) is 28.4 Å². The summed E-state index contributed by atoms with van der Waals surface area (Å²) in [7, 11) is 0. The summed E-state index contributed by atoms with van der Waals surface area (Å²) < 4.78 is 47.8. The van der Waals surface area contributed by atoms with E-state index in [0.29, 0.717) is 17.3 Å². The topological polar surface area (TPSA) is 130 Å². The Hall–Kier alpha value is -4.63. The van der Waals surface area contributed by atoms with Crippen LogP contribution in [0.4, 0.5) is 18.9 Å². The lowest BCUT2D eigenvalue weighted by atomic mass is 10.1. The second-order valence-corrected chi connectivity index (χ2v) is 8.86. The highest BCUT2D eigenvalue weighted by molar-refractivity contribution is 6.29. The predicted octanol–water partition coefficient (Wildman–Crippen LogP) is 5.39. The molecule has 1 aromatic carbocycles. The fourth-order valence-corrected chi connectivity index (χ4v) is 3.92. The molecular formula is C26H19ClF3N5O4. The molecule has 0 fully saturated rings. The minimum atomic E-state index is -4.77. The van der Waals surface area contributed by atoms with E-state index in [1.807, 2.05) is 6.07 Å². The van der Waals surface area contributed by atoms with Crippen molar-refractivity contribution in [2.24, 2.45) is 0 Å². The Morgan fingerprint density at radius 3 is 2.54 bits per heavy atom. The third-order valence-electron chi connectivity index (χ3n) is 5.84. The van der Waals surface area contributed by atoms with Crippen LogP contribution < -0.4 is 15.6 Å². The van der Waals surface area contributed by atoms with E-state index in [2.05, 4.69) is 15.3 Å². The Morgan fingerprint density at radius 2 is 1.92 bits per heavy atom. The summed E-state index contributed by atoms with van der Waals surface area (Å²) in [6.45, 7) is 2.75. The number of halogens is 4. The first kappa shape index (κ1) is 27.4. The van der Waals surface area contributed by atoms with Gasteiger partial charge in [0.25, 0.3) is 5.56 Å². The van der Waals surface area contributed by atoms with Gasteiger partial charge in [-0.15, -0.1) is 0 Å². The van der Waals surface area contributed by atoms with Gasteiger partial charge in [-0.05, 0) is 49.7 Å². The first-order valence-electron chi connectivity index (χ1n) is 11.3. The van der Waals surface area contributed by atoms with Crippen molar-refractivity contribution in [3.63, 3.8) is 0 Å². The number of rotatable bonds is 7. The molecule has 0 radical (unpaired) electrons. The van der Waals surface area contributed by atoms with E-state index in [1.54, 1.807) is 31.2 Å². The minimum absolute atomic E-state index is 0.00262. The Bertz CT molecular complexity index is 1680. The number of anilines is 1. The second-order valence-electron chi connectivity index (χ2n) is 8.48. The van der Waals surface area contributed by atoms with Gasteiger partial charge in [-0.2, -0.15) is 23.4 Å². The molecule has 1 unspecified atom stereocenters. The van der Waals surface area contributed by atoms with Crippen molar-refractivity contribution in [1.29, 1.82) is 5.26 Å². The van der Waals surface area contributed by atoms with Crippen LogP contribution in [-0.2, 0) is 12.7 Å². The first-order chi connectivity index (χ1) is 18.4. The zero-order valence-electron chi connectivity index (χ0n) is 20.4. The monoisotopic (exact) mass is 557 g/mol. The van der Waals surface area contributed by atoms with Crippen LogP contribution in [0.5, 0.6) is 5.88 Å². The highest BCUT2D eigenvalue weighted by Crippen LogP contribution is 2.32. The van der Waals surface area contributed by atoms with E-state index in [1.165, 1.54) is 19.1 Å². The summed E-state index contributed by atoms with van der Waals surface area (Å²) in [5.41, 5.74) is -1.35. The number of carboxylic acids is 1. The van der Waals surface area contributed by atoms with Gasteiger partial charge in [-0.1, -0.05) is 23.7 Å². The lowest BCUT2D eigenvalue weighted by Crippen LogP contribution is -2.23. The molecule has 0 aliphatic heterocycles. The number of pyridine rings is 2. The number of hydrogen-bond acceptors (Lipinski definition) is 7. The van der Waals surface area contributed by atoms with Crippen LogP contribution in [0.2, 0.25) is 5.15 Å². The molecule has 0 aliphatic rings. The molecule has 0 saturated carbocycles. The molecule has 0 aliphatic carbocycles. The zero-order valence-corrected chi connectivity index (χ0v) is 21.1. The zero-order chi connectivity index (χ0) is 28.5. The standard InChI is InChI=1S/C26H19ClF3N5O4/c1-13-23(39-14(2)16-5-3-15(10-31)4-6-16)34-22-17(9-18(26(28,29)30)12-35(22)24(13)36)11-32-19-7-8-20(27)33-21(19)25(37)38/h3-9,12,14,32H,11H2,1-2H3,(H,37,38). The number of carbonyl (C=O) groups is 1. The molecule has 0 bridgehead atoms. The van der Waals surface area contributed by atoms with Gasteiger partial charge in [-0.3, -0.25) is 9.20 Å². The number of hydrogen-bond donors (Lipinski definition) is 2. The number of ether oxygens (including phenoxy) is 1. The summed E-state index contributed by atoms with van der Waals surface area (Å²) >= 11 is 5.77. The molecule has 13 heteroatoms. The van der Waals surface area contributed by atoms with Crippen molar-refractivity contribution >= 4 is 28.9 Å². The van der Waals surface area contributed by atoms with Crippen LogP contribution in [-0.4, -0.2) is 25.4 Å². The molecule has 39 heavy (non-hydrogen) atoms. The number of benzene rings is 1. The molecule has 4 aromatic rings. The average Bonchev–Trinajstić information content (AvgIpc) is 2.90. The SMILES string of the molecule is Cc1c(OC(C)c2ccc(C#N)cc2)nc2c(CNc3ccc(Cl)nc3C(=O)O)cc(C(F)(F)F)cn2c1=O. The van der Waals surface area contributed by atoms with Crippen LogP contribution in [0.15, 0.2) is 53.5 Å². The summed E-state index contributed by atoms with van der Waals surface area (Å²) in [4.78, 5) is 32.8. The Kier molecular flexibility index (Phi) is 7.47. The molecule has 2 N–H and O–H groups in total. The minimum Gasteiger partial charge on any atom is -0.476 e. The molecule has 4 rings (SSSR count). The van der Waals surface area contributed by atoms with Crippen molar-refractivity contribution in [3.8, 4) is 11.9 Å². The number of aromatic carboxylic acids is 1. The molecule has 0 amide bonds. The molecule has 0 saturated heterocycles.